The third-order valence-electron chi connectivity index (χ3n) is 13.1. The number of aliphatic hydroxyl groups excluding tert-OH is 2. The average molecular weight is 946 g/mol. The van der Waals surface area contributed by atoms with E-state index >= 15 is 0 Å². The normalized spacial score (nSPS) is 21.8. The van der Waals surface area contributed by atoms with Crippen molar-refractivity contribution >= 4 is 23.8 Å². The molecule has 69 heavy (non-hydrogen) atoms. The predicted molar refractivity (Wildman–Crippen MR) is 259 cm³/mol. The number of aldehydes is 1. The van der Waals surface area contributed by atoms with Crippen LogP contribution in [0.4, 0.5) is 10.5 Å². The highest BCUT2D eigenvalue weighted by atomic mass is 16.7. The number of oxime groups is 1. The van der Waals surface area contributed by atoms with Crippen LogP contribution < -0.4 is 9.47 Å². The molecular weight excluding hydrogens is 883 g/mol. The van der Waals surface area contributed by atoms with Gasteiger partial charge in [-0.05, 0) is 103 Å². The fourth-order valence-electron chi connectivity index (χ4n) is 10.0. The van der Waals surface area contributed by atoms with Crippen LogP contribution in [0.3, 0.4) is 0 Å². The van der Waals surface area contributed by atoms with Crippen LogP contribution in [0.15, 0.2) is 127 Å². The molecule has 0 bridgehead atoms. The molecule has 1 heterocycles. The molecule has 1 amide bonds. The van der Waals surface area contributed by atoms with Crippen molar-refractivity contribution in [1.82, 2.24) is 4.90 Å². The average Bonchev–Trinajstić information content (AvgIpc) is 3.36. The molecule has 6 unspecified atom stereocenters. The first-order valence-corrected chi connectivity index (χ1v) is 23.9. The van der Waals surface area contributed by atoms with E-state index in [0.29, 0.717) is 60.0 Å². The van der Waals surface area contributed by atoms with E-state index in [-0.39, 0.29) is 76.0 Å². The summed E-state index contributed by atoms with van der Waals surface area (Å²) in [5, 5.41) is 36.2. The van der Waals surface area contributed by atoms with Crippen LogP contribution >= 0.6 is 0 Å². The Morgan fingerprint density at radius 1 is 0.928 bits per heavy atom. The van der Waals surface area contributed by atoms with Gasteiger partial charge in [-0.3, -0.25) is 19.8 Å². The second kappa shape index (κ2) is 24.8. The summed E-state index contributed by atoms with van der Waals surface area (Å²) in [5.74, 6) is -0.922. The van der Waals surface area contributed by atoms with Crippen LogP contribution in [-0.2, 0) is 32.3 Å². The molecule has 1 aliphatic heterocycles. The lowest BCUT2D eigenvalue weighted by Crippen LogP contribution is -2.70. The molecule has 15 heteroatoms. The summed E-state index contributed by atoms with van der Waals surface area (Å²) >= 11 is 0. The van der Waals surface area contributed by atoms with Crippen molar-refractivity contribution in [2.75, 3.05) is 39.6 Å². The summed E-state index contributed by atoms with van der Waals surface area (Å²) in [6, 6.07) is 27.6. The second-order valence-electron chi connectivity index (χ2n) is 17.6. The minimum atomic E-state index is -1.51. The molecule has 3 aliphatic rings. The van der Waals surface area contributed by atoms with E-state index < -0.39 is 28.8 Å². The number of nitro benzene ring substituents is 1. The SMILES string of the molecule is C=CCOC12Oc3ccc(Oc4cccc(C=O)c4)cc3C3C(CCCCO)C(CCCCO)C=C(C(=NOCc4ccc([N+](=O)[O-])cc4)CC1N(CCC)C(=O)OCCOCc1ccccc1)C32. The zero-order chi connectivity index (χ0) is 48.6. The van der Waals surface area contributed by atoms with Gasteiger partial charge in [0.2, 0.25) is 5.79 Å². The molecule has 7 rings (SSSR count). The smallest absolute Gasteiger partial charge is 0.410 e. The van der Waals surface area contributed by atoms with Crippen molar-refractivity contribution in [2.24, 2.45) is 22.9 Å². The number of benzene rings is 4. The highest BCUT2D eigenvalue weighted by molar-refractivity contribution is 6.03. The molecule has 0 aromatic heterocycles. The van der Waals surface area contributed by atoms with Crippen LogP contribution in [-0.4, -0.2) is 89.5 Å². The van der Waals surface area contributed by atoms with Crippen LogP contribution in [0.2, 0.25) is 0 Å². The molecule has 0 radical (unpaired) electrons. The van der Waals surface area contributed by atoms with Crippen LogP contribution in [0.1, 0.15) is 91.3 Å². The molecule has 4 aromatic rings. The maximum Gasteiger partial charge on any atom is 0.410 e. The number of aliphatic hydroxyl groups is 2. The number of fused-ring (bicyclic) bond motifs is 2. The number of amides is 1. The molecule has 1 saturated carbocycles. The van der Waals surface area contributed by atoms with Gasteiger partial charge >= 0.3 is 6.09 Å². The van der Waals surface area contributed by atoms with Gasteiger partial charge in [-0.1, -0.05) is 79.5 Å². The third kappa shape index (κ3) is 12.3. The zero-order valence-electron chi connectivity index (χ0n) is 39.2. The van der Waals surface area contributed by atoms with Gasteiger partial charge in [-0.25, -0.2) is 4.79 Å². The lowest BCUT2D eigenvalue weighted by molar-refractivity contribution is -0.384. The van der Waals surface area contributed by atoms with E-state index in [1.165, 1.54) is 12.1 Å². The Morgan fingerprint density at radius 2 is 1.68 bits per heavy atom. The van der Waals surface area contributed by atoms with E-state index in [1.807, 2.05) is 55.5 Å². The van der Waals surface area contributed by atoms with Gasteiger partial charge in [-0.15, -0.1) is 6.58 Å². The molecule has 1 fully saturated rings. The van der Waals surface area contributed by atoms with Crippen LogP contribution in [0, 0.1) is 27.9 Å². The van der Waals surface area contributed by atoms with Gasteiger partial charge in [0.05, 0.1) is 36.4 Å². The number of non-ortho nitro benzene ring substituents is 1. The Hall–Kier alpha value is -6.39. The van der Waals surface area contributed by atoms with Gasteiger partial charge in [0.1, 0.15) is 42.8 Å². The largest absolute Gasteiger partial charge is 0.459 e. The van der Waals surface area contributed by atoms with Gasteiger partial charge in [-0.2, -0.15) is 0 Å². The molecule has 6 atom stereocenters. The number of nitro groups is 1. The third-order valence-corrected chi connectivity index (χ3v) is 13.1. The number of nitrogens with zero attached hydrogens (tertiary/aromatic N) is 3. The molecule has 0 saturated heterocycles. The van der Waals surface area contributed by atoms with Crippen molar-refractivity contribution in [3.05, 3.63) is 154 Å². The zero-order valence-corrected chi connectivity index (χ0v) is 39.2. The van der Waals surface area contributed by atoms with Crippen molar-refractivity contribution in [1.29, 1.82) is 0 Å². The number of hydrogen-bond acceptors (Lipinski definition) is 13. The Kier molecular flexibility index (Phi) is 18.1. The summed E-state index contributed by atoms with van der Waals surface area (Å²) in [7, 11) is 0. The van der Waals surface area contributed by atoms with Crippen molar-refractivity contribution < 1.29 is 53.2 Å². The van der Waals surface area contributed by atoms with E-state index in [4.69, 9.17) is 33.7 Å². The molecular formula is C54H63N3O12. The molecule has 2 N–H and O–H groups in total. The number of ether oxygens (including phenoxy) is 5. The number of unbranched alkanes of at least 4 members (excludes halogenated alkanes) is 2. The molecule has 366 valence electrons. The summed E-state index contributed by atoms with van der Waals surface area (Å²) in [6.45, 7) is 7.02. The lowest BCUT2D eigenvalue weighted by atomic mass is 9.55. The molecule has 4 aromatic carbocycles. The summed E-state index contributed by atoms with van der Waals surface area (Å²) in [5.41, 5.74) is 4.39. The maximum absolute atomic E-state index is 14.6. The first-order valence-electron chi connectivity index (χ1n) is 23.9. The maximum atomic E-state index is 14.6. The van der Waals surface area contributed by atoms with Gasteiger partial charge in [0, 0.05) is 55.4 Å². The number of rotatable bonds is 26. The molecule has 0 spiro atoms. The highest BCUT2D eigenvalue weighted by Gasteiger charge is 2.65. The number of allylic oxidation sites excluding steroid dienone is 1. The predicted octanol–water partition coefficient (Wildman–Crippen LogP) is 10.1. The summed E-state index contributed by atoms with van der Waals surface area (Å²) in [6.07, 6.45) is 9.03. The molecule has 2 aliphatic carbocycles. The number of hydrogen-bond donors (Lipinski definition) is 2. The van der Waals surface area contributed by atoms with E-state index in [9.17, 15) is 29.9 Å². The standard InChI is InChI=1S/C54H63N3O12/c1-3-25-56(53(61)65-30-29-64-36-38-13-6-5-7-14-38)50-34-48(55-67-37-39-19-21-42(22-20-39)57(62)63)46-32-41(16-8-10-26-58)45(18-9-11-27-59)51-47-33-44(68-43-17-12-15-40(31-43)35-60)23-24-49(47)69-54(50,52(46)51)66-28-4-2/h4-7,12-15,17,19-24,31-33,35,41,45,50-52,58-59H,2-3,8-11,16,18,25-30,34,36-37H2,1H3. The first kappa shape index (κ1) is 50.5. The van der Waals surface area contributed by atoms with Crippen LogP contribution in [0.5, 0.6) is 17.2 Å². The fraction of sp³-hybridized carbons (Fsp3) is 0.426. The second-order valence-corrected chi connectivity index (χ2v) is 17.6. The Labute approximate surface area is 403 Å². The minimum absolute atomic E-state index is 0.000289. The topological polar surface area (TPSA) is 189 Å². The highest BCUT2D eigenvalue weighted by Crippen LogP contribution is 2.62. The van der Waals surface area contributed by atoms with Gasteiger partial charge < -0.3 is 38.7 Å². The van der Waals surface area contributed by atoms with Crippen molar-refractivity contribution in [3.63, 3.8) is 0 Å². The monoisotopic (exact) mass is 945 g/mol. The Balaban J connectivity index is 1.35. The lowest BCUT2D eigenvalue weighted by Gasteiger charge is -2.59. The quantitative estimate of drug-likeness (QED) is 0.0200. The number of carbonyl (C=O) groups is 2. The summed E-state index contributed by atoms with van der Waals surface area (Å²) < 4.78 is 32.7. The Morgan fingerprint density at radius 3 is 2.41 bits per heavy atom. The first-order chi connectivity index (χ1) is 33.7. The van der Waals surface area contributed by atoms with E-state index in [1.54, 1.807) is 47.4 Å². The fourth-order valence-corrected chi connectivity index (χ4v) is 10.0. The minimum Gasteiger partial charge on any atom is -0.459 e. The summed E-state index contributed by atoms with van der Waals surface area (Å²) in [4.78, 5) is 45.1. The van der Waals surface area contributed by atoms with Crippen molar-refractivity contribution in [3.8, 4) is 17.2 Å². The van der Waals surface area contributed by atoms with Gasteiger partial charge in [0.25, 0.3) is 5.69 Å². The number of carbonyl (C=O) groups excluding carboxylic acids is 2. The molecule has 15 nitrogen and oxygen atoms in total. The van der Waals surface area contributed by atoms with Crippen LogP contribution in [0.25, 0.3) is 0 Å². The van der Waals surface area contributed by atoms with Crippen molar-refractivity contribution in [2.45, 2.75) is 89.3 Å². The van der Waals surface area contributed by atoms with E-state index in [0.717, 1.165) is 48.7 Å². The van der Waals surface area contributed by atoms with E-state index in [2.05, 4.69) is 12.7 Å². The Bertz CT molecular complexity index is 2410. The van der Waals surface area contributed by atoms with Gasteiger partial charge in [0.15, 0.2) is 0 Å².